The molecule has 8 nitrogen and oxygen atoms in total. The van der Waals surface area contributed by atoms with Gasteiger partial charge in [-0.3, -0.25) is 4.79 Å². The highest BCUT2D eigenvalue weighted by molar-refractivity contribution is 7.91. The summed E-state index contributed by atoms with van der Waals surface area (Å²) in [6.45, 7) is 1.61. The van der Waals surface area contributed by atoms with Crippen molar-refractivity contribution in [2.45, 2.75) is 55.4 Å². The number of hydrogen-bond acceptors (Lipinski definition) is 7. The molecule has 2 N–H and O–H groups in total. The van der Waals surface area contributed by atoms with Crippen LogP contribution < -0.4 is 15.0 Å². The molecule has 1 heterocycles. The number of carbonyl (C=O) groups excluding carboxylic acids is 1. The van der Waals surface area contributed by atoms with Gasteiger partial charge >= 0.3 is 6.18 Å². The number of anilines is 1. The molecule has 1 aliphatic heterocycles. The number of aliphatic hydroxyl groups excluding tert-OH is 1. The summed E-state index contributed by atoms with van der Waals surface area (Å²) in [5.41, 5.74) is 0.940. The molecule has 3 aromatic carbocycles. The topological polar surface area (TPSA) is 120 Å². The SMILES string of the molecule is CCS(=O)(=O)c1ccc([C@H](CO)NC(=O)c2ccc(N3C[C@H](Oc4ccc(C(F)(F)F)cc4)C[C@H]3CCC#N)cc2)cc1. The Bertz CT molecular complexity index is 1540. The summed E-state index contributed by atoms with van der Waals surface area (Å²) in [7, 11) is -3.37. The van der Waals surface area contributed by atoms with Crippen LogP contribution in [0.1, 0.15) is 53.7 Å². The Morgan fingerprint density at radius 3 is 2.30 bits per heavy atom. The van der Waals surface area contributed by atoms with E-state index in [0.717, 1.165) is 17.8 Å². The van der Waals surface area contributed by atoms with Crippen LogP contribution in [0.15, 0.2) is 77.7 Å². The maximum absolute atomic E-state index is 13.0. The number of alkyl halides is 3. The van der Waals surface area contributed by atoms with E-state index >= 15 is 0 Å². The van der Waals surface area contributed by atoms with Crippen molar-refractivity contribution in [1.82, 2.24) is 5.32 Å². The van der Waals surface area contributed by atoms with Crippen LogP contribution in [-0.2, 0) is 16.0 Å². The van der Waals surface area contributed by atoms with E-state index in [9.17, 15) is 31.5 Å². The molecule has 12 heteroatoms. The molecule has 0 aromatic heterocycles. The largest absolute Gasteiger partial charge is 0.489 e. The molecule has 0 radical (unpaired) electrons. The molecule has 1 aliphatic rings. The maximum Gasteiger partial charge on any atom is 0.416 e. The zero-order valence-electron chi connectivity index (χ0n) is 23.4. The van der Waals surface area contributed by atoms with E-state index in [4.69, 9.17) is 10.00 Å². The lowest BCUT2D eigenvalue weighted by Crippen LogP contribution is -2.31. The minimum atomic E-state index is -4.43. The van der Waals surface area contributed by atoms with E-state index in [1.165, 1.54) is 24.3 Å². The number of sulfone groups is 1. The molecule has 0 spiro atoms. The summed E-state index contributed by atoms with van der Waals surface area (Å²) in [4.78, 5) is 15.2. The number of amides is 1. The summed E-state index contributed by atoms with van der Waals surface area (Å²) in [6, 6.07) is 18.7. The predicted octanol–water partition coefficient (Wildman–Crippen LogP) is 5.29. The number of nitrogens with zero attached hydrogens (tertiary/aromatic N) is 2. The Morgan fingerprint density at radius 2 is 1.74 bits per heavy atom. The van der Waals surface area contributed by atoms with Gasteiger partial charge in [0.15, 0.2) is 9.84 Å². The zero-order valence-corrected chi connectivity index (χ0v) is 24.2. The van der Waals surface area contributed by atoms with Gasteiger partial charge in [0, 0.05) is 30.1 Å². The summed E-state index contributed by atoms with van der Waals surface area (Å²) in [5.74, 6) is -0.140. The average molecular weight is 616 g/mol. The number of hydrogen-bond donors (Lipinski definition) is 2. The molecule has 1 amide bonds. The first kappa shape index (κ1) is 31.8. The highest BCUT2D eigenvalue weighted by Crippen LogP contribution is 2.33. The minimum absolute atomic E-state index is 0.0359. The minimum Gasteiger partial charge on any atom is -0.489 e. The number of rotatable bonds is 11. The molecule has 4 rings (SSSR count). The van der Waals surface area contributed by atoms with Gasteiger partial charge in [-0.2, -0.15) is 18.4 Å². The van der Waals surface area contributed by atoms with Gasteiger partial charge in [-0.1, -0.05) is 19.1 Å². The molecule has 1 saturated heterocycles. The summed E-state index contributed by atoms with van der Waals surface area (Å²) >= 11 is 0. The number of aliphatic hydroxyl groups is 1. The number of benzene rings is 3. The Balaban J connectivity index is 1.43. The molecule has 1 fully saturated rings. The predicted molar refractivity (Wildman–Crippen MR) is 154 cm³/mol. The van der Waals surface area contributed by atoms with Crippen LogP contribution in [0.4, 0.5) is 18.9 Å². The first-order valence-corrected chi connectivity index (χ1v) is 15.4. The zero-order chi connectivity index (χ0) is 31.2. The van der Waals surface area contributed by atoms with E-state index in [0.29, 0.717) is 42.7 Å². The van der Waals surface area contributed by atoms with Crippen LogP contribution in [0.2, 0.25) is 0 Å². The number of ether oxygens (including phenoxy) is 1. The molecule has 43 heavy (non-hydrogen) atoms. The Hall–Kier alpha value is -4.08. The number of halogens is 3. The standard InChI is InChI=1S/C31H32F3N3O5S/c1-2-43(40,41)28-15-7-21(8-16-28)29(20-38)36-30(39)22-5-11-24(12-6-22)37-19-27(18-25(37)4-3-17-35)42-26-13-9-23(10-14-26)31(32,33)34/h5-16,25,27,29,38H,2-4,18-20H2,1H3,(H,36,39)/t25-,27-,29+/m1/s1. The van der Waals surface area contributed by atoms with E-state index < -0.39 is 40.1 Å². The van der Waals surface area contributed by atoms with Gasteiger partial charge in [0.05, 0.1) is 41.5 Å². The van der Waals surface area contributed by atoms with Crippen LogP contribution in [0, 0.1) is 11.3 Å². The fourth-order valence-corrected chi connectivity index (χ4v) is 5.93. The second-order valence-corrected chi connectivity index (χ2v) is 12.5. The summed E-state index contributed by atoms with van der Waals surface area (Å²) < 4.78 is 68.8. The Morgan fingerprint density at radius 1 is 1.09 bits per heavy atom. The van der Waals surface area contributed by atoms with E-state index in [1.807, 2.05) is 0 Å². The molecule has 0 aliphatic carbocycles. The lowest BCUT2D eigenvalue weighted by molar-refractivity contribution is -0.137. The number of carbonyl (C=O) groups is 1. The fourth-order valence-electron chi connectivity index (χ4n) is 5.05. The van der Waals surface area contributed by atoms with E-state index in [2.05, 4.69) is 16.3 Å². The van der Waals surface area contributed by atoms with E-state index in [1.54, 1.807) is 43.3 Å². The number of nitriles is 1. The van der Waals surface area contributed by atoms with Gasteiger partial charge < -0.3 is 20.1 Å². The lowest BCUT2D eigenvalue weighted by atomic mass is 10.1. The average Bonchev–Trinajstić information content (AvgIpc) is 3.40. The smallest absolute Gasteiger partial charge is 0.416 e. The van der Waals surface area contributed by atoms with Crippen LogP contribution in [0.3, 0.4) is 0 Å². The van der Waals surface area contributed by atoms with Crippen LogP contribution >= 0.6 is 0 Å². The van der Waals surface area contributed by atoms with Gasteiger partial charge in [0.1, 0.15) is 11.9 Å². The second kappa shape index (κ2) is 13.5. The maximum atomic E-state index is 13.0. The normalized spacial score (nSPS) is 17.7. The number of nitrogens with one attached hydrogen (secondary N) is 1. The third-order valence-corrected chi connectivity index (χ3v) is 9.17. The van der Waals surface area contributed by atoms with Crippen molar-refractivity contribution >= 4 is 21.4 Å². The van der Waals surface area contributed by atoms with Gasteiger partial charge in [-0.25, -0.2) is 8.42 Å². The molecule has 0 saturated carbocycles. The highest BCUT2D eigenvalue weighted by atomic mass is 32.2. The molecular weight excluding hydrogens is 583 g/mol. The van der Waals surface area contributed by atoms with Gasteiger partial charge in [-0.15, -0.1) is 0 Å². The second-order valence-electron chi connectivity index (χ2n) is 10.2. The van der Waals surface area contributed by atoms with Crippen molar-refractivity contribution in [1.29, 1.82) is 5.26 Å². The monoisotopic (exact) mass is 615 g/mol. The van der Waals surface area contributed by atoms with Crippen LogP contribution in [0.5, 0.6) is 5.75 Å². The molecule has 3 atom stereocenters. The summed E-state index contributed by atoms with van der Waals surface area (Å²) in [6.07, 6.45) is -3.28. The molecule has 0 unspecified atom stereocenters. The van der Waals surface area contributed by atoms with Crippen molar-refractivity contribution in [2.75, 3.05) is 23.8 Å². The molecule has 228 valence electrons. The first-order valence-electron chi connectivity index (χ1n) is 13.8. The first-order chi connectivity index (χ1) is 20.4. The van der Waals surface area contributed by atoms with Gasteiger partial charge in [0.2, 0.25) is 0 Å². The Kier molecular flexibility index (Phi) is 9.98. The van der Waals surface area contributed by atoms with Crippen molar-refractivity contribution in [2.24, 2.45) is 0 Å². The molecular formula is C31H32F3N3O5S. The Labute approximate surface area is 248 Å². The van der Waals surface area contributed by atoms with Crippen LogP contribution in [0.25, 0.3) is 0 Å². The van der Waals surface area contributed by atoms with Gasteiger partial charge in [0.25, 0.3) is 5.91 Å². The molecule has 3 aromatic rings. The van der Waals surface area contributed by atoms with E-state index in [-0.39, 0.29) is 22.8 Å². The van der Waals surface area contributed by atoms with Crippen molar-refractivity contribution < 1.29 is 36.2 Å². The fraction of sp³-hybridized carbons (Fsp3) is 0.355. The third kappa shape index (κ3) is 7.86. The van der Waals surface area contributed by atoms with Crippen molar-refractivity contribution in [3.63, 3.8) is 0 Å². The lowest BCUT2D eigenvalue weighted by Gasteiger charge is -2.26. The van der Waals surface area contributed by atoms with Crippen LogP contribution in [-0.4, -0.2) is 50.5 Å². The third-order valence-electron chi connectivity index (χ3n) is 7.42. The highest BCUT2D eigenvalue weighted by Gasteiger charge is 2.34. The van der Waals surface area contributed by atoms with Crippen molar-refractivity contribution in [3.05, 3.63) is 89.5 Å². The summed E-state index contributed by atoms with van der Waals surface area (Å²) in [5, 5.41) is 21.8. The quantitative estimate of drug-likeness (QED) is 0.301. The molecule has 0 bridgehead atoms. The van der Waals surface area contributed by atoms with Crippen molar-refractivity contribution in [3.8, 4) is 11.8 Å². The van der Waals surface area contributed by atoms with Gasteiger partial charge in [-0.05, 0) is 72.6 Å².